The molecule has 1 aromatic heterocycles. The van der Waals surface area contributed by atoms with E-state index in [1.54, 1.807) is 0 Å². The van der Waals surface area contributed by atoms with Crippen LogP contribution in [0.2, 0.25) is 0 Å². The van der Waals surface area contributed by atoms with E-state index in [-0.39, 0.29) is 0 Å². The third kappa shape index (κ3) is 2.53. The van der Waals surface area contributed by atoms with Crippen molar-refractivity contribution in [2.75, 3.05) is 0 Å². The van der Waals surface area contributed by atoms with Crippen molar-refractivity contribution in [2.24, 2.45) is 0 Å². The molecule has 0 saturated carbocycles. The highest BCUT2D eigenvalue weighted by Gasteiger charge is 1.98. The number of rotatable bonds is 2. The standard InChI is InChI=1S/C12H12N2O/c1-9-3-6-11(7-4-9)15-12-8-5-10(2)13-14-12/h3-8H,1-2H3. The van der Waals surface area contributed by atoms with E-state index >= 15 is 0 Å². The van der Waals surface area contributed by atoms with Gasteiger partial charge >= 0.3 is 0 Å². The molecule has 2 aromatic rings. The van der Waals surface area contributed by atoms with Crippen LogP contribution in [0.3, 0.4) is 0 Å². The van der Waals surface area contributed by atoms with Crippen LogP contribution in [-0.2, 0) is 0 Å². The van der Waals surface area contributed by atoms with Gasteiger partial charge in [-0.05, 0) is 32.0 Å². The number of hydrogen-bond donors (Lipinski definition) is 0. The van der Waals surface area contributed by atoms with Crippen LogP contribution in [-0.4, -0.2) is 10.2 Å². The van der Waals surface area contributed by atoms with E-state index in [1.165, 1.54) is 5.56 Å². The monoisotopic (exact) mass is 200 g/mol. The molecule has 0 N–H and O–H groups in total. The second-order valence-corrected chi connectivity index (χ2v) is 3.43. The van der Waals surface area contributed by atoms with Crippen molar-refractivity contribution in [3.05, 3.63) is 47.7 Å². The Balaban J connectivity index is 2.15. The molecule has 2 rings (SSSR count). The minimum Gasteiger partial charge on any atom is -0.438 e. The Morgan fingerprint density at radius 2 is 1.60 bits per heavy atom. The molecule has 0 aliphatic heterocycles. The first-order valence-electron chi connectivity index (χ1n) is 4.79. The van der Waals surface area contributed by atoms with Gasteiger partial charge in [0.05, 0.1) is 5.69 Å². The summed E-state index contributed by atoms with van der Waals surface area (Å²) in [4.78, 5) is 0. The van der Waals surface area contributed by atoms with Crippen molar-refractivity contribution >= 4 is 0 Å². The van der Waals surface area contributed by atoms with Crippen molar-refractivity contribution < 1.29 is 4.74 Å². The highest BCUT2D eigenvalue weighted by atomic mass is 16.5. The Morgan fingerprint density at radius 1 is 0.867 bits per heavy atom. The van der Waals surface area contributed by atoms with Crippen molar-refractivity contribution in [3.63, 3.8) is 0 Å². The molecule has 0 aliphatic rings. The first-order chi connectivity index (χ1) is 7.24. The highest BCUT2D eigenvalue weighted by Crippen LogP contribution is 2.18. The van der Waals surface area contributed by atoms with Crippen LogP contribution in [0, 0.1) is 13.8 Å². The van der Waals surface area contributed by atoms with Crippen LogP contribution in [0.1, 0.15) is 11.3 Å². The summed E-state index contributed by atoms with van der Waals surface area (Å²) in [6.07, 6.45) is 0. The average molecular weight is 200 g/mol. The maximum absolute atomic E-state index is 5.51. The second-order valence-electron chi connectivity index (χ2n) is 3.43. The fourth-order valence-corrected chi connectivity index (χ4v) is 1.17. The molecule has 1 aromatic carbocycles. The van der Waals surface area contributed by atoms with Crippen molar-refractivity contribution in [2.45, 2.75) is 13.8 Å². The molecule has 0 amide bonds. The van der Waals surface area contributed by atoms with E-state index < -0.39 is 0 Å². The molecule has 0 radical (unpaired) electrons. The molecule has 3 heteroatoms. The largest absolute Gasteiger partial charge is 0.438 e. The Hall–Kier alpha value is -1.90. The van der Waals surface area contributed by atoms with Crippen molar-refractivity contribution in [3.8, 4) is 11.6 Å². The number of nitrogens with zero attached hydrogens (tertiary/aromatic N) is 2. The van der Waals surface area contributed by atoms with E-state index in [0.717, 1.165) is 11.4 Å². The zero-order valence-corrected chi connectivity index (χ0v) is 8.77. The summed E-state index contributed by atoms with van der Waals surface area (Å²) in [6.45, 7) is 3.93. The van der Waals surface area contributed by atoms with E-state index in [0.29, 0.717) is 5.88 Å². The quantitative estimate of drug-likeness (QED) is 0.747. The lowest BCUT2D eigenvalue weighted by Gasteiger charge is -2.03. The number of benzene rings is 1. The van der Waals surface area contributed by atoms with Crippen LogP contribution >= 0.6 is 0 Å². The number of aryl methyl sites for hydroxylation is 2. The Morgan fingerprint density at radius 3 is 2.20 bits per heavy atom. The normalized spacial score (nSPS) is 10.0. The number of hydrogen-bond acceptors (Lipinski definition) is 3. The summed E-state index contributed by atoms with van der Waals surface area (Å²) in [5.74, 6) is 1.29. The zero-order chi connectivity index (χ0) is 10.7. The van der Waals surface area contributed by atoms with Gasteiger partial charge in [-0.25, -0.2) is 0 Å². The van der Waals surface area contributed by atoms with Gasteiger partial charge in [-0.1, -0.05) is 17.7 Å². The first-order valence-corrected chi connectivity index (χ1v) is 4.79. The maximum atomic E-state index is 5.51. The Bertz CT molecular complexity index is 391. The van der Waals surface area contributed by atoms with E-state index in [2.05, 4.69) is 10.2 Å². The molecular weight excluding hydrogens is 188 g/mol. The SMILES string of the molecule is Cc1ccc(Oc2ccc(C)nn2)cc1. The lowest BCUT2D eigenvalue weighted by atomic mass is 10.2. The Labute approximate surface area is 88.7 Å². The van der Waals surface area contributed by atoms with Gasteiger partial charge in [0.2, 0.25) is 5.88 Å². The number of ether oxygens (including phenoxy) is 1. The summed E-state index contributed by atoms with van der Waals surface area (Å²) in [5.41, 5.74) is 2.09. The predicted octanol–water partition coefficient (Wildman–Crippen LogP) is 2.89. The van der Waals surface area contributed by atoms with Gasteiger partial charge < -0.3 is 4.74 Å². The third-order valence-corrected chi connectivity index (χ3v) is 2.02. The van der Waals surface area contributed by atoms with E-state index in [9.17, 15) is 0 Å². The van der Waals surface area contributed by atoms with Crippen LogP contribution in [0.4, 0.5) is 0 Å². The minimum absolute atomic E-state index is 0.518. The molecule has 0 saturated heterocycles. The van der Waals surface area contributed by atoms with Gasteiger partial charge in [-0.2, -0.15) is 5.10 Å². The highest BCUT2D eigenvalue weighted by molar-refractivity contribution is 5.29. The molecule has 0 bridgehead atoms. The van der Waals surface area contributed by atoms with Gasteiger partial charge in [0.1, 0.15) is 5.75 Å². The second kappa shape index (κ2) is 4.09. The summed E-state index contributed by atoms with van der Waals surface area (Å²) >= 11 is 0. The fraction of sp³-hybridized carbons (Fsp3) is 0.167. The molecule has 15 heavy (non-hydrogen) atoms. The molecular formula is C12H12N2O. The maximum Gasteiger partial charge on any atom is 0.238 e. The summed E-state index contributed by atoms with van der Waals surface area (Å²) in [6, 6.07) is 11.5. The lowest BCUT2D eigenvalue weighted by molar-refractivity contribution is 0.454. The summed E-state index contributed by atoms with van der Waals surface area (Å²) in [7, 11) is 0. The zero-order valence-electron chi connectivity index (χ0n) is 8.77. The van der Waals surface area contributed by atoms with Crippen LogP contribution in [0.5, 0.6) is 11.6 Å². The molecule has 0 aliphatic carbocycles. The van der Waals surface area contributed by atoms with Gasteiger partial charge in [0.25, 0.3) is 0 Å². The molecule has 3 nitrogen and oxygen atoms in total. The molecule has 76 valence electrons. The first kappa shape index (κ1) is 9.65. The summed E-state index contributed by atoms with van der Waals surface area (Å²) in [5, 5.41) is 7.84. The summed E-state index contributed by atoms with van der Waals surface area (Å²) < 4.78 is 5.51. The Kier molecular flexibility index (Phi) is 2.63. The number of aromatic nitrogens is 2. The third-order valence-electron chi connectivity index (χ3n) is 2.02. The van der Waals surface area contributed by atoms with E-state index in [1.807, 2.05) is 50.2 Å². The van der Waals surface area contributed by atoms with Crippen molar-refractivity contribution in [1.29, 1.82) is 0 Å². The van der Waals surface area contributed by atoms with Crippen LogP contribution < -0.4 is 4.74 Å². The van der Waals surface area contributed by atoms with Crippen LogP contribution in [0.15, 0.2) is 36.4 Å². The van der Waals surface area contributed by atoms with Crippen molar-refractivity contribution in [1.82, 2.24) is 10.2 Å². The minimum atomic E-state index is 0.518. The average Bonchev–Trinajstić information content (AvgIpc) is 2.25. The van der Waals surface area contributed by atoms with Gasteiger partial charge in [0, 0.05) is 6.07 Å². The van der Waals surface area contributed by atoms with Gasteiger partial charge in [-0.3, -0.25) is 0 Å². The van der Waals surface area contributed by atoms with Crippen LogP contribution in [0.25, 0.3) is 0 Å². The topological polar surface area (TPSA) is 35.0 Å². The molecule has 0 unspecified atom stereocenters. The molecule has 0 fully saturated rings. The smallest absolute Gasteiger partial charge is 0.238 e. The van der Waals surface area contributed by atoms with Gasteiger partial charge in [-0.15, -0.1) is 5.10 Å². The molecule has 0 spiro atoms. The molecule has 1 heterocycles. The predicted molar refractivity (Wildman–Crippen MR) is 58.0 cm³/mol. The van der Waals surface area contributed by atoms with Gasteiger partial charge in [0.15, 0.2) is 0 Å². The molecule has 0 atom stereocenters. The van der Waals surface area contributed by atoms with E-state index in [4.69, 9.17) is 4.74 Å². The lowest BCUT2D eigenvalue weighted by Crippen LogP contribution is -1.91. The fourth-order valence-electron chi connectivity index (χ4n) is 1.17.